The third kappa shape index (κ3) is 5.04. The second kappa shape index (κ2) is 8.13. The van der Waals surface area contributed by atoms with Gasteiger partial charge in [0, 0.05) is 16.3 Å². The lowest BCUT2D eigenvalue weighted by atomic mass is 10.2. The van der Waals surface area contributed by atoms with Crippen LogP contribution < -0.4 is 5.32 Å². The number of hydrogen-bond donors (Lipinski definition) is 1. The van der Waals surface area contributed by atoms with E-state index in [1.807, 2.05) is 25.1 Å². The molecule has 2 heterocycles. The molecule has 3 aromatic rings. The van der Waals surface area contributed by atoms with Crippen molar-refractivity contribution in [1.29, 1.82) is 0 Å². The minimum atomic E-state index is -0.125. The number of benzene rings is 1. The molecular weight excluding hydrogens is 360 g/mol. The van der Waals surface area contributed by atoms with E-state index < -0.39 is 0 Å². The van der Waals surface area contributed by atoms with Gasteiger partial charge in [0.1, 0.15) is 0 Å². The largest absolute Gasteiger partial charge is 0.411 e. The van der Waals surface area contributed by atoms with Crippen LogP contribution in [0.15, 0.2) is 52.1 Å². The van der Waals surface area contributed by atoms with Gasteiger partial charge in [0.05, 0.1) is 18.0 Å². The summed E-state index contributed by atoms with van der Waals surface area (Å²) in [7, 11) is 0. The highest BCUT2D eigenvalue weighted by Crippen LogP contribution is 2.24. The molecular formula is C17H15ClN4O2S. The normalized spacial score (nSPS) is 10.6. The zero-order valence-corrected chi connectivity index (χ0v) is 15.0. The first kappa shape index (κ1) is 17.4. The maximum Gasteiger partial charge on any atom is 0.277 e. The Kier molecular flexibility index (Phi) is 5.67. The summed E-state index contributed by atoms with van der Waals surface area (Å²) >= 11 is 7.04. The van der Waals surface area contributed by atoms with Crippen LogP contribution in [0.4, 0.5) is 0 Å². The lowest BCUT2D eigenvalue weighted by Gasteiger charge is -2.04. The van der Waals surface area contributed by atoms with Crippen LogP contribution in [0, 0.1) is 6.92 Å². The zero-order valence-electron chi connectivity index (χ0n) is 13.4. The van der Waals surface area contributed by atoms with Crippen molar-refractivity contribution in [2.75, 3.05) is 5.75 Å². The zero-order chi connectivity index (χ0) is 17.6. The monoisotopic (exact) mass is 374 g/mol. The second-order valence-electron chi connectivity index (χ2n) is 5.22. The van der Waals surface area contributed by atoms with Crippen molar-refractivity contribution in [3.63, 3.8) is 0 Å². The predicted octanol–water partition coefficient (Wildman–Crippen LogP) is 3.50. The molecule has 2 aromatic heterocycles. The number of aromatic nitrogens is 3. The molecule has 6 nitrogen and oxygen atoms in total. The van der Waals surface area contributed by atoms with Gasteiger partial charge in [-0.25, -0.2) is 0 Å². The number of pyridine rings is 1. The van der Waals surface area contributed by atoms with Gasteiger partial charge in [-0.3, -0.25) is 9.78 Å². The van der Waals surface area contributed by atoms with E-state index in [4.69, 9.17) is 16.0 Å². The highest BCUT2D eigenvalue weighted by atomic mass is 35.5. The molecule has 0 fully saturated rings. The van der Waals surface area contributed by atoms with Crippen molar-refractivity contribution in [3.8, 4) is 11.5 Å². The number of halogens is 1. The van der Waals surface area contributed by atoms with Gasteiger partial charge in [0.15, 0.2) is 0 Å². The van der Waals surface area contributed by atoms with E-state index in [9.17, 15) is 4.79 Å². The number of rotatable bonds is 6. The summed E-state index contributed by atoms with van der Waals surface area (Å²) in [5, 5.41) is 11.7. The van der Waals surface area contributed by atoms with Gasteiger partial charge in [-0.15, -0.1) is 10.2 Å². The second-order valence-corrected chi connectivity index (χ2v) is 6.58. The number of aryl methyl sites for hydroxylation is 1. The number of carbonyl (C=O) groups excluding carboxylic acids is 1. The molecule has 1 amide bonds. The number of hydrogen-bond acceptors (Lipinski definition) is 6. The fourth-order valence-electron chi connectivity index (χ4n) is 2.04. The van der Waals surface area contributed by atoms with Gasteiger partial charge < -0.3 is 9.73 Å². The molecule has 1 aromatic carbocycles. The minimum Gasteiger partial charge on any atom is -0.411 e. The van der Waals surface area contributed by atoms with Crippen LogP contribution >= 0.6 is 23.4 Å². The molecule has 128 valence electrons. The van der Waals surface area contributed by atoms with Crippen LogP contribution in [0.2, 0.25) is 5.02 Å². The van der Waals surface area contributed by atoms with Crippen molar-refractivity contribution in [2.45, 2.75) is 18.7 Å². The molecule has 3 rings (SSSR count). The van der Waals surface area contributed by atoms with Crippen LogP contribution in [0.5, 0.6) is 0 Å². The Morgan fingerprint density at radius 2 is 2.00 bits per heavy atom. The fraction of sp³-hybridized carbons (Fsp3) is 0.176. The fourth-order valence-corrected chi connectivity index (χ4v) is 2.76. The van der Waals surface area contributed by atoms with Gasteiger partial charge in [-0.2, -0.15) is 0 Å². The smallest absolute Gasteiger partial charge is 0.277 e. The molecule has 0 bridgehead atoms. The molecule has 0 saturated heterocycles. The maximum absolute atomic E-state index is 11.9. The molecule has 0 aliphatic rings. The quantitative estimate of drug-likeness (QED) is 0.665. The lowest BCUT2D eigenvalue weighted by Crippen LogP contribution is -2.25. The van der Waals surface area contributed by atoms with Crippen LogP contribution in [0.25, 0.3) is 11.5 Å². The van der Waals surface area contributed by atoms with Gasteiger partial charge in [-0.1, -0.05) is 29.4 Å². The van der Waals surface area contributed by atoms with Gasteiger partial charge in [0.2, 0.25) is 11.8 Å². The van der Waals surface area contributed by atoms with E-state index in [2.05, 4.69) is 20.5 Å². The number of amides is 1. The van der Waals surface area contributed by atoms with Gasteiger partial charge in [-0.05, 0) is 43.3 Å². The Balaban J connectivity index is 1.50. The first-order chi connectivity index (χ1) is 12.1. The first-order valence-electron chi connectivity index (χ1n) is 7.51. The number of nitrogens with one attached hydrogen (secondary N) is 1. The Labute approximate surface area is 154 Å². The third-order valence-corrected chi connectivity index (χ3v) is 4.31. The van der Waals surface area contributed by atoms with E-state index in [1.54, 1.807) is 24.3 Å². The summed E-state index contributed by atoms with van der Waals surface area (Å²) in [5.74, 6) is 0.455. The molecule has 0 atom stereocenters. The Morgan fingerprint density at radius 3 is 2.76 bits per heavy atom. The standard InChI is InChI=1S/C17H15ClN4O2S/c1-11-3-2-4-14(20-11)9-19-15(23)10-25-17-22-21-16(24-17)12-5-7-13(18)8-6-12/h2-8H,9-10H2,1H3,(H,19,23). The van der Waals surface area contributed by atoms with Crippen molar-refractivity contribution in [1.82, 2.24) is 20.5 Å². The molecule has 0 spiro atoms. The predicted molar refractivity (Wildman–Crippen MR) is 96.3 cm³/mol. The summed E-state index contributed by atoms with van der Waals surface area (Å²) < 4.78 is 5.54. The van der Waals surface area contributed by atoms with E-state index in [0.29, 0.717) is 22.7 Å². The Morgan fingerprint density at radius 1 is 1.20 bits per heavy atom. The molecule has 1 N–H and O–H groups in total. The average molecular weight is 375 g/mol. The molecule has 25 heavy (non-hydrogen) atoms. The molecule has 0 unspecified atom stereocenters. The van der Waals surface area contributed by atoms with Gasteiger partial charge in [0.25, 0.3) is 5.22 Å². The van der Waals surface area contributed by atoms with Gasteiger partial charge >= 0.3 is 0 Å². The first-order valence-corrected chi connectivity index (χ1v) is 8.88. The SMILES string of the molecule is Cc1cccc(CNC(=O)CSc2nnc(-c3ccc(Cl)cc3)o2)n1. The number of thioether (sulfide) groups is 1. The van der Waals surface area contributed by atoms with Crippen LogP contribution in [0.3, 0.4) is 0 Å². The highest BCUT2D eigenvalue weighted by molar-refractivity contribution is 7.99. The topological polar surface area (TPSA) is 80.9 Å². The lowest BCUT2D eigenvalue weighted by molar-refractivity contribution is -0.118. The Hall–Kier alpha value is -2.38. The third-order valence-electron chi connectivity index (χ3n) is 3.24. The van der Waals surface area contributed by atoms with Crippen molar-refractivity contribution in [2.24, 2.45) is 0 Å². The van der Waals surface area contributed by atoms with E-state index in [1.165, 1.54) is 11.8 Å². The highest BCUT2D eigenvalue weighted by Gasteiger charge is 2.11. The summed E-state index contributed by atoms with van der Waals surface area (Å²) in [6.45, 7) is 2.30. The summed E-state index contributed by atoms with van der Waals surface area (Å²) in [5.41, 5.74) is 2.52. The molecule has 0 saturated carbocycles. The van der Waals surface area contributed by atoms with Crippen LogP contribution in [-0.2, 0) is 11.3 Å². The molecule has 0 aliphatic heterocycles. The molecule has 8 heteroatoms. The average Bonchev–Trinajstić information content (AvgIpc) is 3.08. The van der Waals surface area contributed by atoms with Crippen LogP contribution in [-0.4, -0.2) is 26.8 Å². The summed E-state index contributed by atoms with van der Waals surface area (Å²) in [6.07, 6.45) is 0. The Bertz CT molecular complexity index is 867. The molecule has 0 radical (unpaired) electrons. The molecule has 0 aliphatic carbocycles. The van der Waals surface area contributed by atoms with Crippen molar-refractivity contribution in [3.05, 3.63) is 58.9 Å². The van der Waals surface area contributed by atoms with Crippen molar-refractivity contribution >= 4 is 29.3 Å². The number of nitrogens with zero attached hydrogens (tertiary/aromatic N) is 3. The van der Waals surface area contributed by atoms with Crippen LogP contribution in [0.1, 0.15) is 11.4 Å². The number of carbonyl (C=O) groups is 1. The summed E-state index contributed by atoms with van der Waals surface area (Å²) in [4.78, 5) is 16.3. The van der Waals surface area contributed by atoms with Crippen molar-refractivity contribution < 1.29 is 9.21 Å². The van der Waals surface area contributed by atoms with E-state index in [-0.39, 0.29) is 11.7 Å². The van der Waals surface area contributed by atoms with E-state index >= 15 is 0 Å². The van der Waals surface area contributed by atoms with E-state index in [0.717, 1.165) is 17.0 Å². The summed E-state index contributed by atoms with van der Waals surface area (Å²) in [6, 6.07) is 12.8. The maximum atomic E-state index is 11.9. The minimum absolute atomic E-state index is 0.125.